The molecule has 0 aliphatic rings. The number of hydrogen-bond donors (Lipinski definition) is 1. The lowest BCUT2D eigenvalue weighted by molar-refractivity contribution is 0.0827. The average molecular weight is 352 g/mol. The number of halogens is 1. The van der Waals surface area contributed by atoms with Crippen LogP contribution in [0.25, 0.3) is 0 Å². The SMILES string of the molecule is CN(C)C(=O)c1ccc(Sc2ccc(Br)cn2)c(N)c1. The van der Waals surface area contributed by atoms with E-state index in [-0.39, 0.29) is 5.91 Å². The maximum Gasteiger partial charge on any atom is 0.253 e. The molecule has 20 heavy (non-hydrogen) atoms. The topological polar surface area (TPSA) is 59.2 Å². The van der Waals surface area contributed by atoms with Crippen LogP contribution in [0.1, 0.15) is 10.4 Å². The lowest BCUT2D eigenvalue weighted by atomic mass is 10.2. The fraction of sp³-hybridized carbons (Fsp3) is 0.143. The highest BCUT2D eigenvalue weighted by atomic mass is 79.9. The fourth-order valence-corrected chi connectivity index (χ4v) is 2.58. The first-order valence-corrected chi connectivity index (χ1v) is 7.49. The molecule has 0 aliphatic heterocycles. The molecule has 0 unspecified atom stereocenters. The number of hydrogen-bond acceptors (Lipinski definition) is 4. The van der Waals surface area contributed by atoms with E-state index in [0.717, 1.165) is 14.4 Å². The van der Waals surface area contributed by atoms with E-state index in [1.54, 1.807) is 32.4 Å². The summed E-state index contributed by atoms with van der Waals surface area (Å²) in [5, 5.41) is 0.853. The zero-order chi connectivity index (χ0) is 14.7. The van der Waals surface area contributed by atoms with Gasteiger partial charge in [0.1, 0.15) is 5.03 Å². The Balaban J connectivity index is 2.22. The molecule has 2 N–H and O–H groups in total. The third-order valence-corrected chi connectivity index (χ3v) is 4.09. The molecule has 0 spiro atoms. The minimum atomic E-state index is -0.0602. The van der Waals surface area contributed by atoms with Crippen LogP contribution in [0.4, 0.5) is 5.69 Å². The van der Waals surface area contributed by atoms with Gasteiger partial charge in [0.25, 0.3) is 5.91 Å². The number of carbonyl (C=O) groups is 1. The minimum Gasteiger partial charge on any atom is -0.398 e. The largest absolute Gasteiger partial charge is 0.398 e. The van der Waals surface area contributed by atoms with Crippen molar-refractivity contribution in [1.82, 2.24) is 9.88 Å². The zero-order valence-electron chi connectivity index (χ0n) is 11.1. The highest BCUT2D eigenvalue weighted by Gasteiger charge is 2.11. The van der Waals surface area contributed by atoms with E-state index < -0.39 is 0 Å². The van der Waals surface area contributed by atoms with Crippen LogP contribution >= 0.6 is 27.7 Å². The summed E-state index contributed by atoms with van der Waals surface area (Å²) >= 11 is 4.82. The number of benzene rings is 1. The Hall–Kier alpha value is -1.53. The molecule has 1 aromatic carbocycles. The van der Waals surface area contributed by atoms with Crippen LogP contribution in [0.5, 0.6) is 0 Å². The Morgan fingerprint density at radius 3 is 2.60 bits per heavy atom. The summed E-state index contributed by atoms with van der Waals surface area (Å²) in [6.45, 7) is 0. The first-order valence-electron chi connectivity index (χ1n) is 5.88. The van der Waals surface area contributed by atoms with Crippen LogP contribution in [-0.2, 0) is 0 Å². The van der Waals surface area contributed by atoms with Gasteiger partial charge in [0.2, 0.25) is 0 Å². The van der Waals surface area contributed by atoms with Gasteiger partial charge in [-0.2, -0.15) is 0 Å². The van der Waals surface area contributed by atoms with Crippen molar-refractivity contribution in [2.45, 2.75) is 9.92 Å². The van der Waals surface area contributed by atoms with E-state index in [9.17, 15) is 4.79 Å². The highest BCUT2D eigenvalue weighted by molar-refractivity contribution is 9.10. The number of carbonyl (C=O) groups excluding carboxylic acids is 1. The second-order valence-electron chi connectivity index (χ2n) is 4.37. The quantitative estimate of drug-likeness (QED) is 0.862. The van der Waals surface area contributed by atoms with Crippen molar-refractivity contribution >= 4 is 39.3 Å². The highest BCUT2D eigenvalue weighted by Crippen LogP contribution is 2.31. The van der Waals surface area contributed by atoms with Crippen molar-refractivity contribution in [3.05, 3.63) is 46.6 Å². The number of pyridine rings is 1. The van der Waals surface area contributed by atoms with Crippen LogP contribution in [0, 0.1) is 0 Å². The Kier molecular flexibility index (Phi) is 4.67. The summed E-state index contributed by atoms with van der Waals surface area (Å²) < 4.78 is 0.932. The van der Waals surface area contributed by atoms with Gasteiger partial charge in [0.15, 0.2) is 0 Å². The van der Waals surface area contributed by atoms with E-state index in [0.29, 0.717) is 11.3 Å². The molecule has 6 heteroatoms. The molecule has 0 aliphatic carbocycles. The molecule has 1 aromatic heterocycles. The number of nitrogens with two attached hydrogens (primary N) is 1. The van der Waals surface area contributed by atoms with Crippen LogP contribution in [0.3, 0.4) is 0 Å². The average Bonchev–Trinajstić information content (AvgIpc) is 2.42. The summed E-state index contributed by atoms with van der Waals surface area (Å²) in [5.41, 5.74) is 7.17. The second kappa shape index (κ2) is 6.28. The monoisotopic (exact) mass is 351 g/mol. The molecular weight excluding hydrogens is 338 g/mol. The molecule has 2 rings (SSSR count). The maximum absolute atomic E-state index is 11.8. The smallest absolute Gasteiger partial charge is 0.253 e. The molecule has 1 amide bonds. The van der Waals surface area contributed by atoms with Gasteiger partial charge in [-0.3, -0.25) is 4.79 Å². The normalized spacial score (nSPS) is 10.3. The van der Waals surface area contributed by atoms with Gasteiger partial charge < -0.3 is 10.6 Å². The molecule has 2 aromatic rings. The predicted octanol–water partition coefficient (Wildman–Crippen LogP) is 3.28. The minimum absolute atomic E-state index is 0.0602. The number of nitrogens with zero attached hydrogens (tertiary/aromatic N) is 2. The summed E-state index contributed by atoms with van der Waals surface area (Å²) in [6.07, 6.45) is 1.74. The summed E-state index contributed by atoms with van der Waals surface area (Å²) in [6, 6.07) is 9.16. The van der Waals surface area contributed by atoms with Gasteiger partial charge >= 0.3 is 0 Å². The van der Waals surface area contributed by atoms with Crippen molar-refractivity contribution in [1.29, 1.82) is 0 Å². The molecule has 0 fully saturated rings. The molecule has 104 valence electrons. The van der Waals surface area contributed by atoms with Gasteiger partial charge in [0.05, 0.1) is 0 Å². The number of anilines is 1. The van der Waals surface area contributed by atoms with Crippen molar-refractivity contribution in [2.75, 3.05) is 19.8 Å². The van der Waals surface area contributed by atoms with Crippen molar-refractivity contribution < 1.29 is 4.79 Å². The standard InChI is InChI=1S/C14H14BrN3OS/c1-18(2)14(19)9-3-5-12(11(16)7-9)20-13-6-4-10(15)8-17-13/h3-8H,16H2,1-2H3. The number of rotatable bonds is 3. The van der Waals surface area contributed by atoms with E-state index in [1.807, 2.05) is 18.2 Å². The Morgan fingerprint density at radius 1 is 1.30 bits per heavy atom. The first-order chi connectivity index (χ1) is 9.47. The van der Waals surface area contributed by atoms with Crippen molar-refractivity contribution in [2.24, 2.45) is 0 Å². The molecule has 0 saturated carbocycles. The first kappa shape index (κ1) is 14.9. The molecule has 1 heterocycles. The predicted molar refractivity (Wildman–Crippen MR) is 84.9 cm³/mol. The molecule has 0 atom stereocenters. The fourth-order valence-electron chi connectivity index (χ4n) is 1.57. The van der Waals surface area contributed by atoms with Crippen LogP contribution < -0.4 is 5.73 Å². The molecular formula is C14H14BrN3OS. The van der Waals surface area contributed by atoms with Crippen LogP contribution in [-0.4, -0.2) is 29.9 Å². The van der Waals surface area contributed by atoms with Gasteiger partial charge in [-0.1, -0.05) is 11.8 Å². The summed E-state index contributed by atoms with van der Waals surface area (Å²) in [4.78, 5) is 18.5. The lowest BCUT2D eigenvalue weighted by Gasteiger charge is -2.12. The Bertz CT molecular complexity index is 629. The third kappa shape index (κ3) is 3.52. The number of aromatic nitrogens is 1. The maximum atomic E-state index is 11.8. The summed E-state index contributed by atoms with van der Waals surface area (Å²) in [7, 11) is 3.43. The Morgan fingerprint density at radius 2 is 2.05 bits per heavy atom. The van der Waals surface area contributed by atoms with E-state index in [4.69, 9.17) is 5.73 Å². The van der Waals surface area contributed by atoms with E-state index in [2.05, 4.69) is 20.9 Å². The molecule has 4 nitrogen and oxygen atoms in total. The van der Waals surface area contributed by atoms with Crippen molar-refractivity contribution in [3.8, 4) is 0 Å². The molecule has 0 saturated heterocycles. The van der Waals surface area contributed by atoms with Gasteiger partial charge in [-0.15, -0.1) is 0 Å². The van der Waals surface area contributed by atoms with Gasteiger partial charge in [0, 0.05) is 40.9 Å². The van der Waals surface area contributed by atoms with E-state index in [1.165, 1.54) is 16.7 Å². The number of nitrogen functional groups attached to an aromatic ring is 1. The van der Waals surface area contributed by atoms with E-state index >= 15 is 0 Å². The zero-order valence-corrected chi connectivity index (χ0v) is 13.5. The third-order valence-electron chi connectivity index (χ3n) is 2.58. The van der Waals surface area contributed by atoms with Gasteiger partial charge in [-0.25, -0.2) is 4.98 Å². The van der Waals surface area contributed by atoms with Crippen molar-refractivity contribution in [3.63, 3.8) is 0 Å². The molecule has 0 bridgehead atoms. The van der Waals surface area contributed by atoms with Gasteiger partial charge in [-0.05, 0) is 46.3 Å². The molecule has 0 radical (unpaired) electrons. The Labute approximate surface area is 130 Å². The lowest BCUT2D eigenvalue weighted by Crippen LogP contribution is -2.21. The summed E-state index contributed by atoms with van der Waals surface area (Å²) in [5.74, 6) is -0.0602. The van der Waals surface area contributed by atoms with Crippen LogP contribution in [0.15, 0.2) is 50.9 Å². The number of amides is 1. The second-order valence-corrected chi connectivity index (χ2v) is 6.35. The van der Waals surface area contributed by atoms with Crippen LogP contribution in [0.2, 0.25) is 0 Å².